The summed E-state index contributed by atoms with van der Waals surface area (Å²) in [4.78, 5) is 3.42. The van der Waals surface area contributed by atoms with Crippen LogP contribution in [-0.4, -0.2) is 18.5 Å². The molecule has 15 heavy (non-hydrogen) atoms. The van der Waals surface area contributed by atoms with Crippen molar-refractivity contribution in [3.8, 4) is 17.6 Å². The molecule has 0 aliphatic rings. The number of hydrogen-bond donors (Lipinski definition) is 0. The lowest BCUT2D eigenvalue weighted by atomic mass is 10.3. The number of rotatable bonds is 2. The molecule has 0 unspecified atom stereocenters. The molecule has 0 saturated heterocycles. The van der Waals surface area contributed by atoms with Gasteiger partial charge in [0.2, 0.25) is 0 Å². The molecular formula is C8H5F3N2O2. The number of ether oxygens (including phenoxy) is 2. The Morgan fingerprint density at radius 2 is 2.07 bits per heavy atom. The zero-order chi connectivity index (χ0) is 11.5. The summed E-state index contributed by atoms with van der Waals surface area (Å²) in [5, 5.41) is 8.45. The molecule has 0 aliphatic carbocycles. The standard InChI is InChI=1S/C8H5F3N2O2/c1-14-6-2-5(3-12)13-4-7(6)15-8(9,10)11/h2,4H,1H3. The molecule has 80 valence electrons. The molecule has 0 aromatic carbocycles. The van der Waals surface area contributed by atoms with Gasteiger partial charge in [0.15, 0.2) is 11.5 Å². The second-order valence-electron chi connectivity index (χ2n) is 2.38. The quantitative estimate of drug-likeness (QED) is 0.760. The zero-order valence-electron chi connectivity index (χ0n) is 7.50. The van der Waals surface area contributed by atoms with Gasteiger partial charge in [0.1, 0.15) is 11.8 Å². The Kier molecular flexibility index (Phi) is 2.99. The minimum absolute atomic E-state index is 0.0543. The number of pyridine rings is 1. The summed E-state index contributed by atoms with van der Waals surface area (Å²) in [7, 11) is 1.17. The number of nitriles is 1. The summed E-state index contributed by atoms with van der Waals surface area (Å²) >= 11 is 0. The second-order valence-corrected chi connectivity index (χ2v) is 2.38. The van der Waals surface area contributed by atoms with Gasteiger partial charge >= 0.3 is 6.36 Å². The third-order valence-corrected chi connectivity index (χ3v) is 1.39. The van der Waals surface area contributed by atoms with Gasteiger partial charge in [-0.2, -0.15) is 5.26 Å². The van der Waals surface area contributed by atoms with Crippen LogP contribution in [0.25, 0.3) is 0 Å². The Labute approximate surface area is 82.9 Å². The number of hydrogen-bond acceptors (Lipinski definition) is 4. The highest BCUT2D eigenvalue weighted by atomic mass is 19.4. The molecule has 0 saturated carbocycles. The largest absolute Gasteiger partial charge is 0.573 e. The maximum absolute atomic E-state index is 11.9. The van der Waals surface area contributed by atoms with Crippen molar-refractivity contribution in [1.82, 2.24) is 4.98 Å². The van der Waals surface area contributed by atoms with Crippen molar-refractivity contribution < 1.29 is 22.6 Å². The summed E-state index contributed by atoms with van der Waals surface area (Å²) < 4.78 is 43.9. The summed E-state index contributed by atoms with van der Waals surface area (Å²) in [5.74, 6) is -0.775. The molecule has 7 heteroatoms. The summed E-state index contributed by atoms with van der Waals surface area (Å²) in [6.07, 6.45) is -4.03. The normalized spacial score (nSPS) is 10.6. The minimum atomic E-state index is -4.82. The Balaban J connectivity index is 3.04. The van der Waals surface area contributed by atoms with Crippen LogP contribution in [0.3, 0.4) is 0 Å². The van der Waals surface area contributed by atoms with Gasteiger partial charge in [-0.05, 0) is 0 Å². The summed E-state index contributed by atoms with van der Waals surface area (Å²) in [6, 6.07) is 2.72. The number of halogens is 3. The van der Waals surface area contributed by atoms with E-state index in [1.807, 2.05) is 0 Å². The van der Waals surface area contributed by atoms with Crippen LogP contribution >= 0.6 is 0 Å². The number of nitrogens with zero attached hydrogens (tertiary/aromatic N) is 2. The first-order valence-corrected chi connectivity index (χ1v) is 3.66. The van der Waals surface area contributed by atoms with E-state index in [-0.39, 0.29) is 11.4 Å². The first-order valence-electron chi connectivity index (χ1n) is 3.66. The van der Waals surface area contributed by atoms with Crippen molar-refractivity contribution in [3.63, 3.8) is 0 Å². The molecule has 0 aliphatic heterocycles. The van der Waals surface area contributed by atoms with Gasteiger partial charge in [-0.3, -0.25) is 0 Å². The van der Waals surface area contributed by atoms with Crippen LogP contribution in [0.2, 0.25) is 0 Å². The first-order chi connectivity index (χ1) is 6.96. The fraction of sp³-hybridized carbons (Fsp3) is 0.250. The van der Waals surface area contributed by atoms with Crippen LogP contribution in [0.1, 0.15) is 5.69 Å². The Morgan fingerprint density at radius 3 is 2.53 bits per heavy atom. The number of aromatic nitrogens is 1. The van der Waals surface area contributed by atoms with E-state index >= 15 is 0 Å². The Bertz CT molecular complexity index is 398. The van der Waals surface area contributed by atoms with E-state index in [9.17, 15) is 13.2 Å². The van der Waals surface area contributed by atoms with E-state index in [0.717, 1.165) is 12.3 Å². The highest BCUT2D eigenvalue weighted by Gasteiger charge is 2.32. The number of methoxy groups -OCH3 is 1. The molecule has 1 heterocycles. The molecule has 1 rings (SSSR count). The van der Waals surface area contributed by atoms with Crippen LogP contribution in [-0.2, 0) is 0 Å². The highest BCUT2D eigenvalue weighted by molar-refractivity contribution is 5.42. The SMILES string of the molecule is COc1cc(C#N)ncc1OC(F)(F)F. The maximum Gasteiger partial charge on any atom is 0.573 e. The van der Waals surface area contributed by atoms with Crippen molar-refractivity contribution in [2.24, 2.45) is 0 Å². The van der Waals surface area contributed by atoms with Crippen molar-refractivity contribution in [2.75, 3.05) is 7.11 Å². The Morgan fingerprint density at radius 1 is 1.40 bits per heavy atom. The average Bonchev–Trinajstić information content (AvgIpc) is 2.16. The van der Waals surface area contributed by atoms with E-state index in [4.69, 9.17) is 5.26 Å². The highest BCUT2D eigenvalue weighted by Crippen LogP contribution is 2.31. The van der Waals surface area contributed by atoms with Crippen LogP contribution < -0.4 is 9.47 Å². The Hall–Kier alpha value is -1.97. The average molecular weight is 218 g/mol. The van der Waals surface area contributed by atoms with E-state index < -0.39 is 12.1 Å². The molecule has 0 amide bonds. The molecule has 1 aromatic heterocycles. The molecule has 4 nitrogen and oxygen atoms in total. The predicted octanol–water partition coefficient (Wildman–Crippen LogP) is 1.86. The molecule has 0 atom stereocenters. The molecule has 0 fully saturated rings. The van der Waals surface area contributed by atoms with Crippen LogP contribution in [0.15, 0.2) is 12.3 Å². The maximum atomic E-state index is 11.9. The fourth-order valence-electron chi connectivity index (χ4n) is 0.846. The lowest BCUT2D eigenvalue weighted by Gasteiger charge is -2.11. The monoisotopic (exact) mass is 218 g/mol. The van der Waals surface area contributed by atoms with E-state index in [1.54, 1.807) is 6.07 Å². The van der Waals surface area contributed by atoms with Gasteiger partial charge in [0.25, 0.3) is 0 Å². The first kappa shape index (κ1) is 11.1. The summed E-state index contributed by atoms with van der Waals surface area (Å²) in [5.41, 5.74) is -0.0543. The van der Waals surface area contributed by atoms with Crippen LogP contribution in [0, 0.1) is 11.3 Å². The zero-order valence-corrected chi connectivity index (χ0v) is 7.50. The van der Waals surface area contributed by atoms with E-state index in [0.29, 0.717) is 0 Å². The van der Waals surface area contributed by atoms with E-state index in [2.05, 4.69) is 14.5 Å². The molecule has 0 spiro atoms. The van der Waals surface area contributed by atoms with E-state index in [1.165, 1.54) is 7.11 Å². The lowest BCUT2D eigenvalue weighted by Crippen LogP contribution is -2.17. The van der Waals surface area contributed by atoms with Crippen molar-refractivity contribution in [3.05, 3.63) is 18.0 Å². The van der Waals surface area contributed by atoms with Crippen molar-refractivity contribution in [2.45, 2.75) is 6.36 Å². The molecule has 0 N–H and O–H groups in total. The third kappa shape index (κ3) is 3.02. The smallest absolute Gasteiger partial charge is 0.493 e. The van der Waals surface area contributed by atoms with Gasteiger partial charge in [-0.25, -0.2) is 4.98 Å². The molecule has 0 radical (unpaired) electrons. The van der Waals surface area contributed by atoms with Crippen LogP contribution in [0.4, 0.5) is 13.2 Å². The van der Waals surface area contributed by atoms with Crippen molar-refractivity contribution >= 4 is 0 Å². The minimum Gasteiger partial charge on any atom is -0.493 e. The summed E-state index contributed by atoms with van der Waals surface area (Å²) in [6.45, 7) is 0. The van der Waals surface area contributed by atoms with Gasteiger partial charge in [-0.15, -0.1) is 13.2 Å². The van der Waals surface area contributed by atoms with Crippen molar-refractivity contribution in [1.29, 1.82) is 5.26 Å². The van der Waals surface area contributed by atoms with Crippen LogP contribution in [0.5, 0.6) is 11.5 Å². The fourth-order valence-corrected chi connectivity index (χ4v) is 0.846. The topological polar surface area (TPSA) is 55.1 Å². The predicted molar refractivity (Wildman–Crippen MR) is 42.2 cm³/mol. The molecule has 0 bridgehead atoms. The van der Waals surface area contributed by atoms with Gasteiger partial charge in [-0.1, -0.05) is 0 Å². The number of alkyl halides is 3. The van der Waals surface area contributed by atoms with Gasteiger partial charge in [0.05, 0.1) is 13.3 Å². The van der Waals surface area contributed by atoms with Gasteiger partial charge in [0, 0.05) is 6.07 Å². The third-order valence-electron chi connectivity index (χ3n) is 1.39. The lowest BCUT2D eigenvalue weighted by molar-refractivity contribution is -0.275. The molecular weight excluding hydrogens is 213 g/mol. The van der Waals surface area contributed by atoms with Gasteiger partial charge < -0.3 is 9.47 Å². The second kappa shape index (κ2) is 4.04. The molecule has 1 aromatic rings.